The van der Waals surface area contributed by atoms with Crippen LogP contribution in [0.2, 0.25) is 0 Å². The Labute approximate surface area is 144 Å². The first-order valence-electron chi connectivity index (χ1n) is 8.69. The molecule has 0 spiro atoms. The zero-order chi connectivity index (χ0) is 16.7. The van der Waals surface area contributed by atoms with Gasteiger partial charge in [0, 0.05) is 19.5 Å². The number of benzene rings is 2. The molecule has 2 aromatic carbocycles. The maximum atomic E-state index is 8.74. The van der Waals surface area contributed by atoms with Gasteiger partial charge in [-0.05, 0) is 30.5 Å². The second kappa shape index (κ2) is 8.10. The van der Waals surface area contributed by atoms with Crippen LogP contribution < -0.4 is 0 Å². The van der Waals surface area contributed by atoms with Crippen molar-refractivity contribution in [3.05, 3.63) is 71.8 Å². The normalized spacial score (nSPS) is 17.8. The molecule has 1 aliphatic rings. The van der Waals surface area contributed by atoms with Crippen LogP contribution in [0.4, 0.5) is 0 Å². The maximum Gasteiger partial charge on any atom is 0.119 e. The highest BCUT2D eigenvalue weighted by Gasteiger charge is 2.37. The van der Waals surface area contributed by atoms with E-state index in [0.717, 1.165) is 32.5 Å². The van der Waals surface area contributed by atoms with E-state index in [-0.39, 0.29) is 5.60 Å². The third kappa shape index (κ3) is 3.67. The molecule has 0 aliphatic carbocycles. The monoisotopic (exact) mass is 320 g/mol. The highest BCUT2D eigenvalue weighted by atomic mass is 16.5. The number of nitrogens with zero attached hydrogens (tertiary/aromatic N) is 2. The lowest BCUT2D eigenvalue weighted by molar-refractivity contribution is -0.0101. The molecule has 0 aromatic heterocycles. The van der Waals surface area contributed by atoms with E-state index in [1.165, 1.54) is 11.1 Å². The van der Waals surface area contributed by atoms with Gasteiger partial charge in [-0.25, -0.2) is 0 Å². The third-order valence-corrected chi connectivity index (χ3v) is 4.78. The quantitative estimate of drug-likeness (QED) is 0.783. The van der Waals surface area contributed by atoms with E-state index < -0.39 is 0 Å². The molecule has 2 aromatic rings. The molecule has 0 unspecified atom stereocenters. The van der Waals surface area contributed by atoms with Crippen LogP contribution in [-0.4, -0.2) is 31.1 Å². The molecule has 0 atom stereocenters. The van der Waals surface area contributed by atoms with Crippen LogP contribution in [0.5, 0.6) is 0 Å². The fraction of sp³-hybridized carbons (Fsp3) is 0.381. The Morgan fingerprint density at radius 1 is 0.958 bits per heavy atom. The van der Waals surface area contributed by atoms with E-state index >= 15 is 0 Å². The Balaban J connectivity index is 1.86. The van der Waals surface area contributed by atoms with Gasteiger partial charge in [-0.3, -0.25) is 0 Å². The molecule has 124 valence electrons. The molecule has 3 rings (SSSR count). The largest absolute Gasteiger partial charge is 0.364 e. The van der Waals surface area contributed by atoms with Crippen LogP contribution >= 0.6 is 0 Å². The van der Waals surface area contributed by atoms with Crippen molar-refractivity contribution in [3.8, 4) is 6.07 Å². The van der Waals surface area contributed by atoms with Crippen LogP contribution in [0.3, 0.4) is 0 Å². The zero-order valence-electron chi connectivity index (χ0n) is 14.0. The summed E-state index contributed by atoms with van der Waals surface area (Å²) in [5.41, 5.74) is 2.05. The van der Waals surface area contributed by atoms with Crippen LogP contribution in [0, 0.1) is 11.3 Å². The number of unbranched alkanes of at least 4 members (excludes halogenated alkanes) is 1. The summed E-state index contributed by atoms with van der Waals surface area (Å²) < 4.78 is 6.49. The fourth-order valence-corrected chi connectivity index (χ4v) is 3.49. The summed E-state index contributed by atoms with van der Waals surface area (Å²) in [7, 11) is 0. The van der Waals surface area contributed by atoms with Crippen molar-refractivity contribution in [1.29, 1.82) is 5.26 Å². The Hall–Kier alpha value is -2.15. The van der Waals surface area contributed by atoms with Gasteiger partial charge < -0.3 is 9.64 Å². The molecule has 3 nitrogen and oxygen atoms in total. The molecule has 0 radical (unpaired) electrons. The first-order chi connectivity index (χ1) is 11.8. The molecule has 1 aliphatic heterocycles. The van der Waals surface area contributed by atoms with Gasteiger partial charge in [-0.2, -0.15) is 5.26 Å². The standard InChI is InChI=1S/C21H24N2O/c22-14-7-8-15-23-16-13-21(24-18-17-23,19-9-3-1-4-10-19)20-11-5-2-6-12-20/h1-6,9-12H,7-8,13,15-18H2. The molecule has 3 heteroatoms. The highest BCUT2D eigenvalue weighted by molar-refractivity contribution is 5.36. The first kappa shape index (κ1) is 16.7. The summed E-state index contributed by atoms with van der Waals surface area (Å²) in [6.45, 7) is 3.58. The van der Waals surface area contributed by atoms with Gasteiger partial charge in [0.1, 0.15) is 5.60 Å². The predicted octanol–water partition coefficient (Wildman–Crippen LogP) is 3.96. The van der Waals surface area contributed by atoms with Crippen molar-refractivity contribution in [1.82, 2.24) is 4.90 Å². The summed E-state index contributed by atoms with van der Waals surface area (Å²) in [6.07, 6.45) is 2.48. The van der Waals surface area contributed by atoms with E-state index in [2.05, 4.69) is 59.5 Å². The Bertz CT molecular complexity index is 624. The van der Waals surface area contributed by atoms with Crippen LogP contribution in [0.25, 0.3) is 0 Å². The Kier molecular flexibility index (Phi) is 5.63. The van der Waals surface area contributed by atoms with Crippen molar-refractivity contribution in [2.75, 3.05) is 26.2 Å². The lowest BCUT2D eigenvalue weighted by atomic mass is 9.83. The lowest BCUT2D eigenvalue weighted by Crippen LogP contribution is -2.32. The minimum atomic E-state index is -0.382. The fourth-order valence-electron chi connectivity index (χ4n) is 3.49. The van der Waals surface area contributed by atoms with Gasteiger partial charge in [0.25, 0.3) is 0 Å². The van der Waals surface area contributed by atoms with Crippen molar-refractivity contribution >= 4 is 0 Å². The molecule has 0 bridgehead atoms. The molecular formula is C21H24N2O. The third-order valence-electron chi connectivity index (χ3n) is 4.78. The summed E-state index contributed by atoms with van der Waals surface area (Å²) in [6, 6.07) is 23.3. The molecule has 0 N–H and O–H groups in total. The van der Waals surface area contributed by atoms with Crippen LogP contribution in [-0.2, 0) is 10.3 Å². The van der Waals surface area contributed by atoms with E-state index in [4.69, 9.17) is 10.00 Å². The summed E-state index contributed by atoms with van der Waals surface area (Å²) in [5, 5.41) is 8.74. The minimum absolute atomic E-state index is 0.382. The van der Waals surface area contributed by atoms with Crippen molar-refractivity contribution in [2.45, 2.75) is 24.9 Å². The van der Waals surface area contributed by atoms with E-state index in [0.29, 0.717) is 13.0 Å². The lowest BCUT2D eigenvalue weighted by Gasteiger charge is -2.34. The maximum absolute atomic E-state index is 8.74. The molecule has 24 heavy (non-hydrogen) atoms. The highest BCUT2D eigenvalue weighted by Crippen LogP contribution is 2.38. The van der Waals surface area contributed by atoms with Gasteiger partial charge in [-0.15, -0.1) is 0 Å². The molecule has 1 fully saturated rings. The van der Waals surface area contributed by atoms with Crippen molar-refractivity contribution < 1.29 is 4.74 Å². The molecule has 1 saturated heterocycles. The van der Waals surface area contributed by atoms with Crippen molar-refractivity contribution in [3.63, 3.8) is 0 Å². The average molecular weight is 320 g/mol. The number of hydrogen-bond donors (Lipinski definition) is 0. The minimum Gasteiger partial charge on any atom is -0.364 e. The summed E-state index contributed by atoms with van der Waals surface area (Å²) >= 11 is 0. The molecule has 0 amide bonds. The smallest absolute Gasteiger partial charge is 0.119 e. The van der Waals surface area contributed by atoms with Gasteiger partial charge in [0.05, 0.1) is 12.7 Å². The van der Waals surface area contributed by atoms with E-state index in [9.17, 15) is 0 Å². The average Bonchev–Trinajstić information content (AvgIpc) is 2.87. The van der Waals surface area contributed by atoms with E-state index in [1.54, 1.807) is 0 Å². The molecule has 0 saturated carbocycles. The van der Waals surface area contributed by atoms with Gasteiger partial charge in [-0.1, -0.05) is 60.7 Å². The second-order valence-electron chi connectivity index (χ2n) is 6.26. The molecule has 1 heterocycles. The van der Waals surface area contributed by atoms with E-state index in [1.807, 2.05) is 12.1 Å². The van der Waals surface area contributed by atoms with Crippen LogP contribution in [0.1, 0.15) is 30.4 Å². The van der Waals surface area contributed by atoms with Gasteiger partial charge in [0.2, 0.25) is 0 Å². The number of hydrogen-bond acceptors (Lipinski definition) is 3. The summed E-state index contributed by atoms with van der Waals surface area (Å²) in [4.78, 5) is 2.42. The topological polar surface area (TPSA) is 36.3 Å². The van der Waals surface area contributed by atoms with Crippen LogP contribution in [0.15, 0.2) is 60.7 Å². The molecular weight excluding hydrogens is 296 g/mol. The Morgan fingerprint density at radius 3 is 2.17 bits per heavy atom. The SMILES string of the molecule is N#CCCCN1CCOC(c2ccccc2)(c2ccccc2)CC1. The number of rotatable bonds is 5. The summed E-state index contributed by atoms with van der Waals surface area (Å²) in [5.74, 6) is 0. The number of ether oxygens (including phenoxy) is 1. The van der Waals surface area contributed by atoms with Gasteiger partial charge in [0.15, 0.2) is 0 Å². The second-order valence-corrected chi connectivity index (χ2v) is 6.26. The Morgan fingerprint density at radius 2 is 1.58 bits per heavy atom. The van der Waals surface area contributed by atoms with Gasteiger partial charge >= 0.3 is 0 Å². The first-order valence-corrected chi connectivity index (χ1v) is 8.69. The zero-order valence-corrected chi connectivity index (χ0v) is 14.0. The van der Waals surface area contributed by atoms with Crippen molar-refractivity contribution in [2.24, 2.45) is 0 Å². The predicted molar refractivity (Wildman–Crippen MR) is 95.5 cm³/mol. The number of nitriles is 1.